The van der Waals surface area contributed by atoms with Crippen LogP contribution < -0.4 is 0 Å². The number of pyridine rings is 1. The van der Waals surface area contributed by atoms with E-state index in [9.17, 15) is 0 Å². The van der Waals surface area contributed by atoms with E-state index in [0.29, 0.717) is 12.5 Å². The summed E-state index contributed by atoms with van der Waals surface area (Å²) in [7, 11) is 0. The number of nitrogens with zero attached hydrogens (tertiary/aromatic N) is 4. The molecule has 5 heteroatoms. The monoisotopic (exact) mass is 666 g/mol. The molecule has 0 saturated heterocycles. The zero-order valence-electron chi connectivity index (χ0n) is 30.4. The molecule has 9 rings (SSSR count). The summed E-state index contributed by atoms with van der Waals surface area (Å²) in [6, 6.07) is 40.0. The zero-order valence-corrected chi connectivity index (χ0v) is 30.4. The van der Waals surface area contributed by atoms with Crippen molar-refractivity contribution in [2.75, 3.05) is 6.61 Å². The summed E-state index contributed by atoms with van der Waals surface area (Å²) >= 11 is 0. The number of hydrogen-bond donors (Lipinski definition) is 0. The van der Waals surface area contributed by atoms with Crippen LogP contribution in [0, 0.1) is 13.8 Å². The number of aliphatic imine (C=N–C) groups is 1. The first-order valence-corrected chi connectivity index (χ1v) is 17.8. The lowest BCUT2D eigenvalue weighted by molar-refractivity contribution is 0.279. The van der Waals surface area contributed by atoms with Crippen LogP contribution in [0.4, 0.5) is 0 Å². The van der Waals surface area contributed by atoms with Crippen molar-refractivity contribution in [3.63, 3.8) is 0 Å². The van der Waals surface area contributed by atoms with Crippen LogP contribution in [0.1, 0.15) is 56.9 Å². The molecule has 0 fully saturated rings. The highest BCUT2D eigenvalue weighted by Crippen LogP contribution is 2.40. The fraction of sp³-hybridized carbons (Fsp3) is 0.217. The van der Waals surface area contributed by atoms with Crippen LogP contribution in [0.15, 0.2) is 120 Å². The summed E-state index contributed by atoms with van der Waals surface area (Å²) in [6.45, 7) is 16.0. The van der Waals surface area contributed by atoms with Gasteiger partial charge < -0.3 is 9.30 Å². The van der Waals surface area contributed by atoms with Gasteiger partial charge in [-0.25, -0.2) is 9.98 Å². The Bertz CT molecular complexity index is 2720. The predicted molar refractivity (Wildman–Crippen MR) is 213 cm³/mol. The molecule has 0 unspecified atom stereocenters. The molecule has 0 amide bonds. The molecule has 5 aromatic carbocycles. The van der Waals surface area contributed by atoms with Gasteiger partial charge in [0.2, 0.25) is 5.90 Å². The average Bonchev–Trinajstić information content (AvgIpc) is 3.75. The molecule has 4 heterocycles. The minimum absolute atomic E-state index is 0.0796. The minimum Gasteiger partial charge on any atom is -0.475 e. The molecule has 0 radical (unpaired) electrons. The maximum Gasteiger partial charge on any atom is 0.216 e. The number of rotatable bonds is 4. The molecule has 1 aliphatic rings. The van der Waals surface area contributed by atoms with Gasteiger partial charge in [-0.2, -0.15) is 0 Å². The van der Waals surface area contributed by atoms with Gasteiger partial charge in [0.15, 0.2) is 0 Å². The first kappa shape index (κ1) is 31.3. The van der Waals surface area contributed by atoms with E-state index in [4.69, 9.17) is 14.7 Å². The van der Waals surface area contributed by atoms with Gasteiger partial charge in [-0.3, -0.25) is 4.57 Å². The number of ether oxygens (including phenoxy) is 1. The van der Waals surface area contributed by atoms with Crippen molar-refractivity contribution in [2.24, 2.45) is 4.99 Å². The average molecular weight is 667 g/mol. The van der Waals surface area contributed by atoms with E-state index in [-0.39, 0.29) is 11.0 Å². The Morgan fingerprint density at radius 1 is 0.647 bits per heavy atom. The molecule has 3 aromatic heterocycles. The number of benzene rings is 5. The normalized spacial score (nSPS) is 14.5. The fourth-order valence-corrected chi connectivity index (χ4v) is 7.72. The molecule has 252 valence electrons. The molecule has 1 aliphatic heterocycles. The first-order valence-electron chi connectivity index (χ1n) is 17.8. The van der Waals surface area contributed by atoms with E-state index in [1.807, 2.05) is 12.3 Å². The zero-order chi connectivity index (χ0) is 35.2. The molecule has 0 N–H and O–H groups in total. The maximum absolute atomic E-state index is 6.22. The van der Waals surface area contributed by atoms with Crippen LogP contribution in [0.25, 0.3) is 66.2 Å². The number of hydrogen-bond acceptors (Lipinski definition) is 3. The Hall–Kier alpha value is -5.68. The molecule has 5 nitrogen and oxygen atoms in total. The van der Waals surface area contributed by atoms with Crippen LogP contribution in [0.3, 0.4) is 0 Å². The lowest BCUT2D eigenvalue weighted by atomic mass is 9.85. The van der Waals surface area contributed by atoms with Gasteiger partial charge in [0, 0.05) is 39.0 Å². The van der Waals surface area contributed by atoms with Gasteiger partial charge in [0.05, 0.1) is 27.8 Å². The van der Waals surface area contributed by atoms with E-state index in [0.717, 1.165) is 39.0 Å². The summed E-state index contributed by atoms with van der Waals surface area (Å²) < 4.78 is 11.0. The van der Waals surface area contributed by atoms with Crippen molar-refractivity contribution >= 4 is 49.6 Å². The summed E-state index contributed by atoms with van der Waals surface area (Å²) in [5.74, 6) is 0.715. The third kappa shape index (κ3) is 5.14. The molecule has 51 heavy (non-hydrogen) atoms. The Kier molecular flexibility index (Phi) is 6.85. The Morgan fingerprint density at radius 2 is 1.39 bits per heavy atom. The first-order chi connectivity index (χ1) is 24.4. The highest BCUT2D eigenvalue weighted by Gasteiger charge is 2.29. The molecule has 8 aromatic rings. The third-order valence-electron chi connectivity index (χ3n) is 10.4. The molecule has 0 bridgehead atoms. The van der Waals surface area contributed by atoms with E-state index < -0.39 is 0 Å². The second-order valence-corrected chi connectivity index (χ2v) is 15.9. The Morgan fingerprint density at radius 3 is 2.16 bits per heavy atom. The standard InChI is InChI=1S/C46H42N4O/c1-28-15-17-39-36(20-28)37-21-29(2)41(50-40-18-16-31(30-12-9-8-10-13-30)24-38(40)35-14-11-19-47-43(35)50)26-42(37)49(39)34-23-32(22-33(25-34)45(3,4)5)44-48-46(6,7)27-51-44/h8-26H,27H2,1-7H3. The highest BCUT2D eigenvalue weighted by molar-refractivity contribution is 6.12. The maximum atomic E-state index is 6.22. The van der Waals surface area contributed by atoms with Crippen LogP contribution in [0.5, 0.6) is 0 Å². The number of fused-ring (bicyclic) bond motifs is 6. The second kappa shape index (κ2) is 11.2. The van der Waals surface area contributed by atoms with Gasteiger partial charge in [0.25, 0.3) is 0 Å². The molecular weight excluding hydrogens is 625 g/mol. The fourth-order valence-electron chi connectivity index (χ4n) is 7.72. The van der Waals surface area contributed by atoms with E-state index in [2.05, 4.69) is 161 Å². The van der Waals surface area contributed by atoms with E-state index in [1.54, 1.807) is 0 Å². The van der Waals surface area contributed by atoms with Gasteiger partial charge >= 0.3 is 0 Å². The van der Waals surface area contributed by atoms with Crippen LogP contribution in [0.2, 0.25) is 0 Å². The van der Waals surface area contributed by atoms with Crippen molar-refractivity contribution in [3.05, 3.63) is 138 Å². The molecule has 0 atom stereocenters. The molecule has 0 aliphatic carbocycles. The van der Waals surface area contributed by atoms with E-state index in [1.165, 1.54) is 49.5 Å². The summed E-state index contributed by atoms with van der Waals surface area (Å²) in [5, 5.41) is 4.81. The third-order valence-corrected chi connectivity index (χ3v) is 10.4. The van der Waals surface area contributed by atoms with Crippen LogP contribution >= 0.6 is 0 Å². The van der Waals surface area contributed by atoms with Crippen molar-refractivity contribution in [1.29, 1.82) is 0 Å². The molecule has 0 spiro atoms. The lowest BCUT2D eigenvalue weighted by Gasteiger charge is -2.22. The Balaban J connectivity index is 1.34. The second-order valence-electron chi connectivity index (χ2n) is 15.9. The molecular formula is C46H42N4O. The van der Waals surface area contributed by atoms with Crippen molar-refractivity contribution in [2.45, 2.75) is 59.4 Å². The van der Waals surface area contributed by atoms with E-state index >= 15 is 0 Å². The van der Waals surface area contributed by atoms with Gasteiger partial charge in [-0.1, -0.05) is 68.8 Å². The highest BCUT2D eigenvalue weighted by atomic mass is 16.5. The predicted octanol–water partition coefficient (Wildman–Crippen LogP) is 11.4. The minimum atomic E-state index is -0.248. The largest absolute Gasteiger partial charge is 0.475 e. The Labute approximate surface area is 298 Å². The lowest BCUT2D eigenvalue weighted by Crippen LogP contribution is -2.17. The van der Waals surface area contributed by atoms with Crippen molar-refractivity contribution in [3.8, 4) is 22.5 Å². The SMILES string of the molecule is Cc1ccc2c(c1)c1cc(C)c(-n3c4ccc(-c5ccccc5)cc4c4cccnc43)cc1n2-c1cc(C2=NC(C)(C)CO2)cc(C(C)(C)C)c1. The summed E-state index contributed by atoms with van der Waals surface area (Å²) in [4.78, 5) is 9.98. The van der Waals surface area contributed by atoms with Crippen molar-refractivity contribution in [1.82, 2.24) is 14.1 Å². The smallest absolute Gasteiger partial charge is 0.216 e. The van der Waals surface area contributed by atoms with Gasteiger partial charge in [-0.05, 0) is 122 Å². The van der Waals surface area contributed by atoms with Crippen LogP contribution in [-0.4, -0.2) is 32.2 Å². The quantitative estimate of drug-likeness (QED) is 0.188. The van der Waals surface area contributed by atoms with Crippen molar-refractivity contribution < 1.29 is 4.74 Å². The topological polar surface area (TPSA) is 44.3 Å². The molecule has 0 saturated carbocycles. The van der Waals surface area contributed by atoms with Crippen LogP contribution in [-0.2, 0) is 10.2 Å². The summed E-state index contributed by atoms with van der Waals surface area (Å²) in [6.07, 6.45) is 1.90. The van der Waals surface area contributed by atoms with Gasteiger partial charge in [-0.15, -0.1) is 0 Å². The van der Waals surface area contributed by atoms with Gasteiger partial charge in [0.1, 0.15) is 12.3 Å². The number of aromatic nitrogens is 3. The number of aryl methyl sites for hydroxylation is 2. The summed E-state index contributed by atoms with van der Waals surface area (Å²) in [5.41, 5.74) is 13.4.